The van der Waals surface area contributed by atoms with E-state index in [0.29, 0.717) is 34.8 Å². The number of nitrogens with zero attached hydrogens (tertiary/aromatic N) is 3. The van der Waals surface area contributed by atoms with Crippen LogP contribution >= 0.6 is 0 Å². The molecule has 126 valence electrons. The number of carbonyl (C=O) groups excluding carboxylic acids is 1. The van der Waals surface area contributed by atoms with E-state index >= 15 is 0 Å². The Morgan fingerprint density at radius 3 is 2.70 bits per heavy atom. The van der Waals surface area contributed by atoms with Crippen LogP contribution in [0.3, 0.4) is 0 Å². The van der Waals surface area contributed by atoms with Crippen LogP contribution in [0, 0.1) is 6.92 Å². The highest BCUT2D eigenvalue weighted by Gasteiger charge is 2.23. The number of hydrogen-bond acceptors (Lipinski definition) is 7. The van der Waals surface area contributed by atoms with E-state index in [-0.39, 0.29) is 0 Å². The molecule has 23 heavy (non-hydrogen) atoms. The van der Waals surface area contributed by atoms with Crippen molar-refractivity contribution >= 4 is 22.9 Å². The van der Waals surface area contributed by atoms with Crippen LogP contribution in [0.2, 0.25) is 0 Å². The number of aromatic nitrogens is 2. The van der Waals surface area contributed by atoms with Crippen LogP contribution in [0.15, 0.2) is 10.7 Å². The topological polar surface area (TPSA) is 80.5 Å². The Morgan fingerprint density at radius 1 is 1.30 bits per heavy atom. The number of aryl methyl sites for hydroxylation is 1. The number of rotatable bonds is 8. The van der Waals surface area contributed by atoms with Crippen molar-refractivity contribution in [1.82, 2.24) is 14.9 Å². The molecule has 0 aliphatic rings. The number of nitrogens with one attached hydrogen (secondary N) is 1. The molecule has 0 saturated carbocycles. The zero-order chi connectivity index (χ0) is 16.8. The van der Waals surface area contributed by atoms with Gasteiger partial charge in [-0.3, -0.25) is 0 Å². The highest BCUT2D eigenvalue weighted by molar-refractivity contribution is 6.07. The Kier molecular flexibility index (Phi) is 5.92. The van der Waals surface area contributed by atoms with Crippen LogP contribution in [0.5, 0.6) is 0 Å². The predicted octanol–water partition coefficient (Wildman–Crippen LogP) is 2.46. The smallest absolute Gasteiger partial charge is 0.342 e. The Hall–Kier alpha value is -2.15. The van der Waals surface area contributed by atoms with E-state index in [1.54, 1.807) is 13.8 Å². The number of likely N-dealkylation sites (N-methyl/N-ethyl adjacent to an activating group) is 1. The molecule has 0 bridgehead atoms. The van der Waals surface area contributed by atoms with Crippen molar-refractivity contribution in [2.45, 2.75) is 27.7 Å². The molecule has 0 spiro atoms. The zero-order valence-corrected chi connectivity index (χ0v) is 14.2. The second kappa shape index (κ2) is 7.92. The molecule has 7 heteroatoms. The van der Waals surface area contributed by atoms with Gasteiger partial charge in [-0.25, -0.2) is 14.8 Å². The third kappa shape index (κ3) is 3.79. The number of anilines is 1. The lowest BCUT2D eigenvalue weighted by Gasteiger charge is -2.18. The number of furan rings is 1. The van der Waals surface area contributed by atoms with Gasteiger partial charge in [0.15, 0.2) is 0 Å². The molecule has 7 nitrogen and oxygen atoms in total. The fraction of sp³-hybridized carbons (Fsp3) is 0.562. The third-order valence-corrected chi connectivity index (χ3v) is 3.76. The van der Waals surface area contributed by atoms with Crippen LogP contribution in [0.4, 0.5) is 5.82 Å². The summed E-state index contributed by atoms with van der Waals surface area (Å²) in [6.45, 7) is 11.7. The molecule has 0 aliphatic carbocycles. The van der Waals surface area contributed by atoms with Crippen LogP contribution in [-0.2, 0) is 4.74 Å². The van der Waals surface area contributed by atoms with Gasteiger partial charge in [-0.2, -0.15) is 0 Å². The molecular weight excluding hydrogens is 296 g/mol. The maximum Gasteiger partial charge on any atom is 0.342 e. The summed E-state index contributed by atoms with van der Waals surface area (Å²) in [6, 6.07) is 0. The highest BCUT2D eigenvalue weighted by Crippen LogP contribution is 2.29. The minimum Gasteiger partial charge on any atom is -0.462 e. The molecular formula is C16H24N4O3. The van der Waals surface area contributed by atoms with Gasteiger partial charge in [-0.1, -0.05) is 13.8 Å². The van der Waals surface area contributed by atoms with Crippen molar-refractivity contribution in [2.75, 3.05) is 38.1 Å². The lowest BCUT2D eigenvalue weighted by molar-refractivity contribution is 0.0526. The molecule has 2 aromatic rings. The van der Waals surface area contributed by atoms with Crippen molar-refractivity contribution in [3.8, 4) is 0 Å². The van der Waals surface area contributed by atoms with Gasteiger partial charge in [0.1, 0.15) is 23.5 Å². The quantitative estimate of drug-likeness (QED) is 0.748. The SMILES string of the molecule is CCOC(=O)c1c(C)oc2ncnc(NCCN(CC)CC)c12. The first-order valence-electron chi connectivity index (χ1n) is 7.99. The fourth-order valence-corrected chi connectivity index (χ4v) is 2.50. The molecule has 0 saturated heterocycles. The average molecular weight is 320 g/mol. The van der Waals surface area contributed by atoms with Gasteiger partial charge in [0, 0.05) is 13.1 Å². The third-order valence-electron chi connectivity index (χ3n) is 3.76. The summed E-state index contributed by atoms with van der Waals surface area (Å²) in [4.78, 5) is 22.9. The van der Waals surface area contributed by atoms with Crippen molar-refractivity contribution in [1.29, 1.82) is 0 Å². The molecule has 0 atom stereocenters. The van der Waals surface area contributed by atoms with Gasteiger partial charge in [0.25, 0.3) is 0 Å². The molecule has 0 aromatic carbocycles. The predicted molar refractivity (Wildman–Crippen MR) is 88.8 cm³/mol. The first kappa shape index (κ1) is 17.2. The normalized spacial score (nSPS) is 11.2. The van der Waals surface area contributed by atoms with E-state index in [4.69, 9.17) is 9.15 Å². The largest absolute Gasteiger partial charge is 0.462 e. The molecule has 0 unspecified atom stereocenters. The van der Waals surface area contributed by atoms with Crippen LogP contribution in [-0.4, -0.2) is 53.6 Å². The average Bonchev–Trinajstić information content (AvgIpc) is 2.88. The van der Waals surface area contributed by atoms with Crippen molar-refractivity contribution in [3.05, 3.63) is 17.7 Å². The van der Waals surface area contributed by atoms with E-state index in [1.807, 2.05) is 0 Å². The zero-order valence-electron chi connectivity index (χ0n) is 14.2. The Labute approximate surface area is 136 Å². The summed E-state index contributed by atoms with van der Waals surface area (Å²) in [5, 5.41) is 3.86. The van der Waals surface area contributed by atoms with Crippen molar-refractivity contribution in [3.63, 3.8) is 0 Å². The maximum absolute atomic E-state index is 12.2. The molecule has 2 aromatic heterocycles. The second-order valence-electron chi connectivity index (χ2n) is 5.11. The van der Waals surface area contributed by atoms with Gasteiger partial charge < -0.3 is 19.4 Å². The number of carbonyl (C=O) groups is 1. The van der Waals surface area contributed by atoms with Gasteiger partial charge in [0.05, 0.1) is 12.0 Å². The van der Waals surface area contributed by atoms with E-state index in [2.05, 4.69) is 34.0 Å². The Morgan fingerprint density at radius 2 is 2.04 bits per heavy atom. The van der Waals surface area contributed by atoms with E-state index < -0.39 is 5.97 Å². The Balaban J connectivity index is 2.27. The lowest BCUT2D eigenvalue weighted by Crippen LogP contribution is -2.28. The molecule has 1 N–H and O–H groups in total. The molecule has 0 aliphatic heterocycles. The lowest BCUT2D eigenvalue weighted by atomic mass is 10.2. The first-order chi connectivity index (χ1) is 11.1. The van der Waals surface area contributed by atoms with Crippen LogP contribution in [0.1, 0.15) is 36.9 Å². The number of hydrogen-bond donors (Lipinski definition) is 1. The summed E-state index contributed by atoms with van der Waals surface area (Å²) < 4.78 is 10.7. The molecule has 2 rings (SSSR count). The van der Waals surface area contributed by atoms with Gasteiger partial charge in [-0.15, -0.1) is 0 Å². The van der Waals surface area contributed by atoms with Gasteiger partial charge in [-0.05, 0) is 26.9 Å². The monoisotopic (exact) mass is 320 g/mol. The number of fused-ring (bicyclic) bond motifs is 1. The summed E-state index contributed by atoms with van der Waals surface area (Å²) in [6.07, 6.45) is 1.43. The summed E-state index contributed by atoms with van der Waals surface area (Å²) in [5.41, 5.74) is 0.790. The van der Waals surface area contributed by atoms with Crippen LogP contribution < -0.4 is 5.32 Å². The highest BCUT2D eigenvalue weighted by atomic mass is 16.5. The molecule has 0 amide bonds. The number of esters is 1. The molecule has 0 radical (unpaired) electrons. The number of ether oxygens (including phenoxy) is 1. The minimum absolute atomic E-state index is 0.309. The summed E-state index contributed by atoms with van der Waals surface area (Å²) in [7, 11) is 0. The van der Waals surface area contributed by atoms with Crippen LogP contribution in [0.25, 0.3) is 11.1 Å². The van der Waals surface area contributed by atoms with E-state index in [9.17, 15) is 4.79 Å². The van der Waals surface area contributed by atoms with E-state index in [0.717, 1.165) is 26.2 Å². The minimum atomic E-state index is -0.412. The Bertz CT molecular complexity index is 665. The van der Waals surface area contributed by atoms with Gasteiger partial charge >= 0.3 is 5.97 Å². The van der Waals surface area contributed by atoms with Crippen molar-refractivity contribution < 1.29 is 13.9 Å². The second-order valence-corrected chi connectivity index (χ2v) is 5.11. The van der Waals surface area contributed by atoms with Crippen molar-refractivity contribution in [2.24, 2.45) is 0 Å². The fourth-order valence-electron chi connectivity index (χ4n) is 2.50. The van der Waals surface area contributed by atoms with E-state index in [1.165, 1.54) is 6.33 Å². The standard InChI is InChI=1S/C16H24N4O3/c1-5-20(6-2)9-8-17-14-13-12(16(21)22-7-3)11(4)23-15(13)19-10-18-14/h10H,5-9H2,1-4H3,(H,17,18,19). The first-order valence-corrected chi connectivity index (χ1v) is 7.99. The maximum atomic E-state index is 12.2. The van der Waals surface area contributed by atoms with Gasteiger partial charge in [0.2, 0.25) is 5.71 Å². The summed E-state index contributed by atoms with van der Waals surface area (Å²) in [5.74, 6) is 0.679. The molecule has 0 fully saturated rings. The summed E-state index contributed by atoms with van der Waals surface area (Å²) >= 11 is 0. The molecule has 2 heterocycles.